The van der Waals surface area contributed by atoms with Crippen molar-refractivity contribution in [3.8, 4) is 0 Å². The molecule has 0 aliphatic carbocycles. The topological polar surface area (TPSA) is 49.0 Å². The second-order valence-corrected chi connectivity index (χ2v) is 5.29. The van der Waals surface area contributed by atoms with Gasteiger partial charge in [0.05, 0.1) is 11.8 Å². The standard InChI is InChI=1S/C13H17N3OS/c1-9(6-11-4-5-18-8-11)16(3)13(17)12-7-14-15-10(12)2/h4-5,7-9H,6H2,1-3H3,(H,14,15)/t9-/m0/s1. The van der Waals surface area contributed by atoms with Gasteiger partial charge in [-0.25, -0.2) is 0 Å². The zero-order valence-electron chi connectivity index (χ0n) is 10.8. The Hall–Kier alpha value is -1.62. The van der Waals surface area contributed by atoms with E-state index < -0.39 is 0 Å². The maximum atomic E-state index is 12.3. The minimum Gasteiger partial charge on any atom is -0.339 e. The van der Waals surface area contributed by atoms with E-state index in [1.165, 1.54) is 5.56 Å². The monoisotopic (exact) mass is 263 g/mol. The summed E-state index contributed by atoms with van der Waals surface area (Å²) in [5.41, 5.74) is 2.74. The minimum atomic E-state index is 0.0176. The summed E-state index contributed by atoms with van der Waals surface area (Å²) in [7, 11) is 1.84. The van der Waals surface area contributed by atoms with Crippen molar-refractivity contribution < 1.29 is 4.79 Å². The van der Waals surface area contributed by atoms with E-state index in [0.717, 1.165) is 12.1 Å². The molecule has 0 saturated carbocycles. The van der Waals surface area contributed by atoms with E-state index in [0.29, 0.717) is 5.56 Å². The number of carbonyl (C=O) groups is 1. The maximum Gasteiger partial charge on any atom is 0.257 e. The highest BCUT2D eigenvalue weighted by atomic mass is 32.1. The Morgan fingerprint density at radius 1 is 1.61 bits per heavy atom. The smallest absolute Gasteiger partial charge is 0.257 e. The fourth-order valence-electron chi connectivity index (χ4n) is 1.84. The molecule has 0 radical (unpaired) electrons. The average Bonchev–Trinajstić information content (AvgIpc) is 2.98. The molecule has 2 aromatic rings. The molecule has 0 aromatic carbocycles. The van der Waals surface area contributed by atoms with Gasteiger partial charge < -0.3 is 4.90 Å². The Balaban J connectivity index is 2.05. The van der Waals surface area contributed by atoms with Gasteiger partial charge in [-0.1, -0.05) is 0 Å². The third kappa shape index (κ3) is 2.61. The van der Waals surface area contributed by atoms with Gasteiger partial charge in [-0.3, -0.25) is 9.89 Å². The largest absolute Gasteiger partial charge is 0.339 e. The fraction of sp³-hybridized carbons (Fsp3) is 0.385. The molecule has 0 bridgehead atoms. The number of carbonyl (C=O) groups excluding carboxylic acids is 1. The molecular weight excluding hydrogens is 246 g/mol. The number of aromatic nitrogens is 2. The zero-order valence-corrected chi connectivity index (χ0v) is 11.6. The number of hydrogen-bond donors (Lipinski definition) is 1. The lowest BCUT2D eigenvalue weighted by Gasteiger charge is -2.24. The van der Waals surface area contributed by atoms with Crippen LogP contribution >= 0.6 is 11.3 Å². The van der Waals surface area contributed by atoms with E-state index in [-0.39, 0.29) is 11.9 Å². The first-order valence-corrected chi connectivity index (χ1v) is 6.82. The van der Waals surface area contributed by atoms with Crippen LogP contribution in [0.5, 0.6) is 0 Å². The minimum absolute atomic E-state index is 0.0176. The molecule has 2 aromatic heterocycles. The van der Waals surface area contributed by atoms with E-state index in [4.69, 9.17) is 0 Å². The lowest BCUT2D eigenvalue weighted by Crippen LogP contribution is -2.36. The van der Waals surface area contributed by atoms with Gasteiger partial charge in [-0.15, -0.1) is 0 Å². The number of likely N-dealkylation sites (N-methyl/N-ethyl adjacent to an activating group) is 1. The third-order valence-electron chi connectivity index (χ3n) is 3.15. The Bertz CT molecular complexity index is 518. The number of nitrogens with zero attached hydrogens (tertiary/aromatic N) is 2. The van der Waals surface area contributed by atoms with E-state index in [1.54, 1.807) is 22.4 Å². The summed E-state index contributed by atoms with van der Waals surface area (Å²) in [6.07, 6.45) is 2.47. The molecular formula is C13H17N3OS. The number of aryl methyl sites for hydroxylation is 1. The van der Waals surface area contributed by atoms with Crippen LogP contribution in [0, 0.1) is 6.92 Å². The van der Waals surface area contributed by atoms with Crippen molar-refractivity contribution in [2.75, 3.05) is 7.05 Å². The molecule has 0 aliphatic rings. The summed E-state index contributed by atoms with van der Waals surface area (Å²) in [5.74, 6) is 0.0176. The molecule has 96 valence electrons. The maximum absolute atomic E-state index is 12.3. The molecule has 4 nitrogen and oxygen atoms in total. The summed E-state index contributed by atoms with van der Waals surface area (Å²) < 4.78 is 0. The average molecular weight is 263 g/mol. The predicted octanol–water partition coefficient (Wildman–Crippen LogP) is 2.48. The summed E-state index contributed by atoms with van der Waals surface area (Å²) in [6.45, 7) is 3.92. The first kappa shape index (κ1) is 12.8. The summed E-state index contributed by atoms with van der Waals surface area (Å²) in [5, 5.41) is 10.9. The SMILES string of the molecule is Cc1[nH]ncc1C(=O)N(C)[C@@H](C)Cc1ccsc1. The Kier molecular flexibility index (Phi) is 3.81. The van der Waals surface area contributed by atoms with Crippen molar-refractivity contribution in [2.45, 2.75) is 26.3 Å². The first-order chi connectivity index (χ1) is 8.59. The molecule has 1 N–H and O–H groups in total. The van der Waals surface area contributed by atoms with Gasteiger partial charge in [0.25, 0.3) is 5.91 Å². The second kappa shape index (κ2) is 5.35. The number of rotatable bonds is 4. The molecule has 1 amide bonds. The first-order valence-electron chi connectivity index (χ1n) is 5.87. The van der Waals surface area contributed by atoms with Crippen LogP contribution in [0.3, 0.4) is 0 Å². The van der Waals surface area contributed by atoms with Crippen LogP contribution < -0.4 is 0 Å². The van der Waals surface area contributed by atoms with Crippen LogP contribution in [-0.2, 0) is 6.42 Å². The summed E-state index contributed by atoms with van der Waals surface area (Å²) >= 11 is 1.68. The Morgan fingerprint density at radius 2 is 2.39 bits per heavy atom. The second-order valence-electron chi connectivity index (χ2n) is 4.51. The van der Waals surface area contributed by atoms with E-state index >= 15 is 0 Å². The van der Waals surface area contributed by atoms with Crippen molar-refractivity contribution in [3.63, 3.8) is 0 Å². The summed E-state index contributed by atoms with van der Waals surface area (Å²) in [4.78, 5) is 14.0. The number of aromatic amines is 1. The van der Waals surface area contributed by atoms with Gasteiger partial charge in [0.2, 0.25) is 0 Å². The van der Waals surface area contributed by atoms with Crippen molar-refractivity contribution in [1.29, 1.82) is 0 Å². The van der Waals surface area contributed by atoms with Crippen LogP contribution in [0.25, 0.3) is 0 Å². The highest BCUT2D eigenvalue weighted by Gasteiger charge is 2.20. The van der Waals surface area contributed by atoms with Crippen molar-refractivity contribution >= 4 is 17.2 Å². The van der Waals surface area contributed by atoms with Gasteiger partial charge in [0, 0.05) is 18.8 Å². The normalized spacial score (nSPS) is 12.4. The molecule has 0 fully saturated rings. The lowest BCUT2D eigenvalue weighted by molar-refractivity contribution is 0.0743. The van der Waals surface area contributed by atoms with Gasteiger partial charge in [0.1, 0.15) is 0 Å². The molecule has 2 heterocycles. The molecule has 0 unspecified atom stereocenters. The predicted molar refractivity (Wildman–Crippen MR) is 72.9 cm³/mol. The number of nitrogens with one attached hydrogen (secondary N) is 1. The van der Waals surface area contributed by atoms with Crippen LogP contribution in [0.2, 0.25) is 0 Å². The van der Waals surface area contributed by atoms with E-state index in [2.05, 4.69) is 33.9 Å². The molecule has 0 spiro atoms. The van der Waals surface area contributed by atoms with E-state index in [9.17, 15) is 4.79 Å². The molecule has 5 heteroatoms. The number of thiophene rings is 1. The van der Waals surface area contributed by atoms with Crippen molar-refractivity contribution in [2.24, 2.45) is 0 Å². The molecule has 2 rings (SSSR count). The highest BCUT2D eigenvalue weighted by Crippen LogP contribution is 2.14. The van der Waals surface area contributed by atoms with Crippen molar-refractivity contribution in [1.82, 2.24) is 15.1 Å². The third-order valence-corrected chi connectivity index (χ3v) is 3.89. The van der Waals surface area contributed by atoms with Gasteiger partial charge in [-0.2, -0.15) is 16.4 Å². The number of amides is 1. The Morgan fingerprint density at radius 3 is 2.94 bits per heavy atom. The van der Waals surface area contributed by atoms with Crippen LogP contribution in [0.1, 0.15) is 28.5 Å². The quantitative estimate of drug-likeness (QED) is 0.921. The van der Waals surface area contributed by atoms with Crippen LogP contribution in [-0.4, -0.2) is 34.1 Å². The molecule has 18 heavy (non-hydrogen) atoms. The van der Waals surface area contributed by atoms with Crippen LogP contribution in [0.15, 0.2) is 23.0 Å². The van der Waals surface area contributed by atoms with Gasteiger partial charge >= 0.3 is 0 Å². The number of hydrogen-bond acceptors (Lipinski definition) is 3. The molecule has 0 saturated heterocycles. The van der Waals surface area contributed by atoms with Crippen LogP contribution in [0.4, 0.5) is 0 Å². The highest BCUT2D eigenvalue weighted by molar-refractivity contribution is 7.07. The summed E-state index contributed by atoms with van der Waals surface area (Å²) in [6, 6.07) is 2.27. The van der Waals surface area contributed by atoms with Gasteiger partial charge in [-0.05, 0) is 42.7 Å². The zero-order chi connectivity index (χ0) is 13.1. The fourth-order valence-corrected chi connectivity index (χ4v) is 2.52. The number of H-pyrrole nitrogens is 1. The van der Waals surface area contributed by atoms with Gasteiger partial charge in [0.15, 0.2) is 0 Å². The van der Waals surface area contributed by atoms with Crippen molar-refractivity contribution in [3.05, 3.63) is 39.8 Å². The molecule has 0 aliphatic heterocycles. The lowest BCUT2D eigenvalue weighted by atomic mass is 10.1. The molecule has 1 atom stereocenters. The Labute approximate surface area is 111 Å². The van der Waals surface area contributed by atoms with E-state index in [1.807, 2.05) is 14.0 Å².